The van der Waals surface area contributed by atoms with Crippen LogP contribution in [0.15, 0.2) is 30.6 Å². The van der Waals surface area contributed by atoms with Crippen molar-refractivity contribution in [2.75, 3.05) is 5.32 Å². The summed E-state index contributed by atoms with van der Waals surface area (Å²) in [7, 11) is 0. The number of hydrogen-bond acceptors (Lipinski definition) is 5. The van der Waals surface area contributed by atoms with Crippen LogP contribution in [0.3, 0.4) is 0 Å². The first-order chi connectivity index (χ1) is 9.10. The predicted molar refractivity (Wildman–Crippen MR) is 68.2 cm³/mol. The van der Waals surface area contributed by atoms with Gasteiger partial charge in [0, 0.05) is 5.69 Å². The number of carbonyl (C=O) groups is 1. The summed E-state index contributed by atoms with van der Waals surface area (Å²) in [5, 5.41) is 20.6. The van der Waals surface area contributed by atoms with E-state index < -0.39 is 5.97 Å². The van der Waals surface area contributed by atoms with E-state index in [2.05, 4.69) is 15.3 Å². The second-order valence-corrected chi connectivity index (χ2v) is 3.86. The molecule has 2 aromatic rings. The number of carboxylic acids is 1. The van der Waals surface area contributed by atoms with E-state index in [9.17, 15) is 4.79 Å². The van der Waals surface area contributed by atoms with Crippen LogP contribution in [0, 0.1) is 18.3 Å². The highest BCUT2D eigenvalue weighted by molar-refractivity contribution is 5.85. The maximum atomic E-state index is 10.8. The molecule has 0 amide bonds. The van der Waals surface area contributed by atoms with Gasteiger partial charge >= 0.3 is 5.97 Å². The quantitative estimate of drug-likeness (QED) is 0.870. The summed E-state index contributed by atoms with van der Waals surface area (Å²) in [6, 6.07) is 7.22. The van der Waals surface area contributed by atoms with Gasteiger partial charge in [-0.3, -0.25) is 4.98 Å². The number of hydrogen-bond donors (Lipinski definition) is 2. The van der Waals surface area contributed by atoms with E-state index in [1.807, 2.05) is 13.0 Å². The first-order valence-corrected chi connectivity index (χ1v) is 5.43. The fraction of sp³-hybridized carbons (Fsp3) is 0.0769. The lowest BCUT2D eigenvalue weighted by atomic mass is 10.1. The second-order valence-electron chi connectivity index (χ2n) is 3.86. The fourth-order valence-corrected chi connectivity index (χ4v) is 1.49. The number of aryl methyl sites for hydroxylation is 1. The molecule has 0 saturated heterocycles. The van der Waals surface area contributed by atoms with E-state index in [4.69, 9.17) is 10.4 Å². The lowest BCUT2D eigenvalue weighted by Gasteiger charge is -2.09. The smallest absolute Gasteiger partial charge is 0.356 e. The van der Waals surface area contributed by atoms with Crippen LogP contribution in [0.25, 0.3) is 0 Å². The van der Waals surface area contributed by atoms with Gasteiger partial charge in [-0.1, -0.05) is 6.07 Å². The number of aromatic carboxylic acids is 1. The molecule has 0 unspecified atom stereocenters. The van der Waals surface area contributed by atoms with Crippen molar-refractivity contribution in [1.82, 2.24) is 9.97 Å². The largest absolute Gasteiger partial charge is 0.476 e. The third-order valence-electron chi connectivity index (χ3n) is 2.48. The SMILES string of the molecule is Cc1ccc(C#N)cc1Nc1cncc(C(=O)O)n1. The molecule has 0 aliphatic carbocycles. The van der Waals surface area contributed by atoms with Crippen molar-refractivity contribution in [2.45, 2.75) is 6.92 Å². The Morgan fingerprint density at radius 2 is 2.21 bits per heavy atom. The molecule has 6 nitrogen and oxygen atoms in total. The van der Waals surface area contributed by atoms with Gasteiger partial charge in [0.25, 0.3) is 0 Å². The number of nitrogens with one attached hydrogen (secondary N) is 1. The van der Waals surface area contributed by atoms with Gasteiger partial charge in [-0.2, -0.15) is 5.26 Å². The lowest BCUT2D eigenvalue weighted by molar-refractivity contribution is 0.0690. The van der Waals surface area contributed by atoms with Crippen molar-refractivity contribution in [2.24, 2.45) is 0 Å². The molecule has 1 aromatic heterocycles. The predicted octanol–water partition coefficient (Wildman–Crippen LogP) is 2.10. The van der Waals surface area contributed by atoms with Gasteiger partial charge < -0.3 is 10.4 Å². The van der Waals surface area contributed by atoms with Crippen molar-refractivity contribution in [3.8, 4) is 6.07 Å². The zero-order valence-corrected chi connectivity index (χ0v) is 10.1. The highest BCUT2D eigenvalue weighted by Crippen LogP contribution is 2.20. The Labute approximate surface area is 109 Å². The summed E-state index contributed by atoms with van der Waals surface area (Å²) in [4.78, 5) is 18.5. The second kappa shape index (κ2) is 5.14. The summed E-state index contributed by atoms with van der Waals surface area (Å²) >= 11 is 0. The molecule has 2 rings (SSSR count). The standard InChI is InChI=1S/C13H10N4O2/c1-8-2-3-9(5-14)4-10(8)16-12-7-15-6-11(17-12)13(18)19/h2-4,6-7H,1H3,(H,16,17)(H,18,19). The van der Waals surface area contributed by atoms with Crippen LogP contribution < -0.4 is 5.32 Å². The number of carboxylic acid groups (broad SMARTS) is 1. The van der Waals surface area contributed by atoms with Crippen molar-refractivity contribution in [1.29, 1.82) is 5.26 Å². The summed E-state index contributed by atoms with van der Waals surface area (Å²) in [5.41, 5.74) is 1.98. The Kier molecular flexibility index (Phi) is 3.39. The average Bonchev–Trinajstić information content (AvgIpc) is 2.41. The Hall–Kier alpha value is -2.94. The van der Waals surface area contributed by atoms with Gasteiger partial charge in [0.15, 0.2) is 5.69 Å². The minimum Gasteiger partial charge on any atom is -0.476 e. The van der Waals surface area contributed by atoms with Crippen molar-refractivity contribution in [3.63, 3.8) is 0 Å². The van der Waals surface area contributed by atoms with Crippen LogP contribution >= 0.6 is 0 Å². The molecule has 0 aliphatic heterocycles. The summed E-state index contributed by atoms with van der Waals surface area (Å²) in [5.74, 6) is -0.822. The summed E-state index contributed by atoms with van der Waals surface area (Å²) < 4.78 is 0. The van der Waals surface area contributed by atoms with E-state index in [0.29, 0.717) is 17.1 Å². The zero-order chi connectivity index (χ0) is 13.8. The highest BCUT2D eigenvalue weighted by atomic mass is 16.4. The Balaban J connectivity index is 2.33. The monoisotopic (exact) mass is 254 g/mol. The summed E-state index contributed by atoms with van der Waals surface area (Å²) in [6.07, 6.45) is 2.59. The van der Waals surface area contributed by atoms with E-state index in [1.165, 1.54) is 12.4 Å². The van der Waals surface area contributed by atoms with E-state index in [1.54, 1.807) is 18.2 Å². The number of benzene rings is 1. The van der Waals surface area contributed by atoms with Crippen LogP contribution in [0.2, 0.25) is 0 Å². The third kappa shape index (κ3) is 2.84. The normalized spacial score (nSPS) is 9.68. The number of nitrogens with zero attached hydrogens (tertiary/aromatic N) is 3. The van der Waals surface area contributed by atoms with Gasteiger partial charge in [-0.25, -0.2) is 9.78 Å². The van der Waals surface area contributed by atoms with E-state index in [-0.39, 0.29) is 5.69 Å². The molecule has 1 heterocycles. The summed E-state index contributed by atoms with van der Waals surface area (Å²) in [6.45, 7) is 1.87. The van der Waals surface area contributed by atoms with Crippen LogP contribution in [0.4, 0.5) is 11.5 Å². The van der Waals surface area contributed by atoms with Gasteiger partial charge in [0.2, 0.25) is 0 Å². The molecule has 0 bridgehead atoms. The Morgan fingerprint density at radius 1 is 1.42 bits per heavy atom. The molecule has 0 saturated carbocycles. The molecule has 6 heteroatoms. The molecule has 94 valence electrons. The Morgan fingerprint density at radius 3 is 2.89 bits per heavy atom. The lowest BCUT2D eigenvalue weighted by Crippen LogP contribution is -2.04. The molecule has 0 atom stereocenters. The van der Waals surface area contributed by atoms with Gasteiger partial charge in [0.1, 0.15) is 5.82 Å². The maximum absolute atomic E-state index is 10.8. The zero-order valence-electron chi connectivity index (χ0n) is 10.1. The number of nitriles is 1. The molecular weight excluding hydrogens is 244 g/mol. The van der Waals surface area contributed by atoms with Crippen LogP contribution in [0.1, 0.15) is 21.6 Å². The molecule has 0 aliphatic rings. The fourth-order valence-electron chi connectivity index (χ4n) is 1.49. The van der Waals surface area contributed by atoms with Gasteiger partial charge in [-0.05, 0) is 24.6 Å². The molecule has 1 aromatic carbocycles. The Bertz CT molecular complexity index is 677. The third-order valence-corrected chi connectivity index (χ3v) is 2.48. The molecule has 0 radical (unpaired) electrons. The molecule has 0 spiro atoms. The highest BCUT2D eigenvalue weighted by Gasteiger charge is 2.07. The number of rotatable bonds is 3. The minimum atomic E-state index is -1.14. The van der Waals surface area contributed by atoms with Crippen LogP contribution in [-0.4, -0.2) is 21.0 Å². The van der Waals surface area contributed by atoms with Crippen LogP contribution in [0.5, 0.6) is 0 Å². The molecule has 19 heavy (non-hydrogen) atoms. The van der Waals surface area contributed by atoms with E-state index >= 15 is 0 Å². The molecule has 2 N–H and O–H groups in total. The van der Waals surface area contributed by atoms with Crippen molar-refractivity contribution < 1.29 is 9.90 Å². The average molecular weight is 254 g/mol. The topological polar surface area (TPSA) is 98.9 Å². The van der Waals surface area contributed by atoms with Crippen LogP contribution in [-0.2, 0) is 0 Å². The number of anilines is 2. The van der Waals surface area contributed by atoms with Gasteiger partial charge in [-0.15, -0.1) is 0 Å². The molecular formula is C13H10N4O2. The number of aromatic nitrogens is 2. The first-order valence-electron chi connectivity index (χ1n) is 5.43. The first kappa shape index (κ1) is 12.5. The van der Waals surface area contributed by atoms with Crippen molar-refractivity contribution >= 4 is 17.5 Å². The maximum Gasteiger partial charge on any atom is 0.356 e. The molecule has 0 fully saturated rings. The minimum absolute atomic E-state index is 0.140. The van der Waals surface area contributed by atoms with Crippen molar-refractivity contribution in [3.05, 3.63) is 47.4 Å². The van der Waals surface area contributed by atoms with E-state index in [0.717, 1.165) is 5.56 Å². The van der Waals surface area contributed by atoms with Gasteiger partial charge in [0.05, 0.1) is 24.0 Å².